The van der Waals surface area contributed by atoms with Gasteiger partial charge in [0.25, 0.3) is 0 Å². The van der Waals surface area contributed by atoms with Crippen LogP contribution in [0.5, 0.6) is 0 Å². The van der Waals surface area contributed by atoms with Crippen molar-refractivity contribution in [3.63, 3.8) is 0 Å². The summed E-state index contributed by atoms with van der Waals surface area (Å²) in [4.78, 5) is 11.2. The van der Waals surface area contributed by atoms with Gasteiger partial charge in [0.05, 0.1) is 15.9 Å². The predicted molar refractivity (Wildman–Crippen MR) is 88.6 cm³/mol. The summed E-state index contributed by atoms with van der Waals surface area (Å²) >= 11 is 9.12. The summed E-state index contributed by atoms with van der Waals surface area (Å²) in [6.45, 7) is 0. The molecule has 23 heavy (non-hydrogen) atoms. The van der Waals surface area contributed by atoms with Gasteiger partial charge in [-0.1, -0.05) is 17.7 Å². The third-order valence-corrected chi connectivity index (χ3v) is 4.04. The maximum absolute atomic E-state index is 13.4. The zero-order valence-electron chi connectivity index (χ0n) is 11.5. The second-order valence-corrected chi connectivity index (χ2v) is 6.03. The number of nitrogens with zero attached hydrogens (tertiary/aromatic N) is 2. The molecule has 3 aromatic rings. The van der Waals surface area contributed by atoms with Crippen LogP contribution in [-0.4, -0.2) is 20.9 Å². The molecule has 0 spiro atoms. The van der Waals surface area contributed by atoms with Crippen molar-refractivity contribution < 1.29 is 14.3 Å². The van der Waals surface area contributed by atoms with Gasteiger partial charge in [-0.25, -0.2) is 13.9 Å². The molecule has 3 rings (SSSR count). The fourth-order valence-corrected chi connectivity index (χ4v) is 2.71. The molecule has 0 bridgehead atoms. The molecule has 0 unspecified atom stereocenters. The van der Waals surface area contributed by atoms with Gasteiger partial charge < -0.3 is 5.11 Å². The first-order valence-electron chi connectivity index (χ1n) is 6.50. The Morgan fingerprint density at radius 2 is 2.00 bits per heavy atom. The van der Waals surface area contributed by atoms with E-state index in [-0.39, 0.29) is 10.2 Å². The van der Waals surface area contributed by atoms with Crippen LogP contribution >= 0.6 is 27.5 Å². The normalized spacial score (nSPS) is 10.7. The third-order valence-electron chi connectivity index (χ3n) is 3.20. The minimum Gasteiger partial charge on any atom is -0.476 e. The maximum Gasteiger partial charge on any atom is 0.356 e. The van der Waals surface area contributed by atoms with E-state index in [0.29, 0.717) is 22.0 Å². The smallest absolute Gasteiger partial charge is 0.356 e. The van der Waals surface area contributed by atoms with Crippen LogP contribution in [0.25, 0.3) is 16.9 Å². The van der Waals surface area contributed by atoms with Crippen LogP contribution in [0.15, 0.2) is 53.0 Å². The number of carbonyl (C=O) groups is 1. The molecule has 0 aliphatic rings. The molecule has 7 heteroatoms. The quantitative estimate of drug-likeness (QED) is 0.693. The van der Waals surface area contributed by atoms with Gasteiger partial charge in [0.15, 0.2) is 5.69 Å². The lowest BCUT2D eigenvalue weighted by Gasteiger charge is -2.08. The molecule has 0 atom stereocenters. The van der Waals surface area contributed by atoms with Gasteiger partial charge in [-0.2, -0.15) is 5.10 Å². The van der Waals surface area contributed by atoms with E-state index in [1.54, 1.807) is 36.4 Å². The van der Waals surface area contributed by atoms with Gasteiger partial charge in [-0.15, -0.1) is 0 Å². The van der Waals surface area contributed by atoms with Crippen molar-refractivity contribution in [3.05, 3.63) is 69.5 Å². The van der Waals surface area contributed by atoms with Gasteiger partial charge in [-0.05, 0) is 58.4 Å². The first kappa shape index (κ1) is 15.7. The summed E-state index contributed by atoms with van der Waals surface area (Å²) in [6.07, 6.45) is 0. The Morgan fingerprint density at radius 1 is 1.22 bits per heavy atom. The highest BCUT2D eigenvalue weighted by atomic mass is 79.9. The van der Waals surface area contributed by atoms with Crippen molar-refractivity contribution in [1.29, 1.82) is 0 Å². The topological polar surface area (TPSA) is 55.1 Å². The summed E-state index contributed by atoms with van der Waals surface area (Å²) in [7, 11) is 0. The lowest BCUT2D eigenvalue weighted by Crippen LogP contribution is -2.02. The van der Waals surface area contributed by atoms with Crippen molar-refractivity contribution in [1.82, 2.24) is 9.78 Å². The summed E-state index contributed by atoms with van der Waals surface area (Å²) in [5.41, 5.74) is 1.64. The molecular weight excluding hydrogens is 387 g/mol. The Balaban J connectivity index is 2.22. The van der Waals surface area contributed by atoms with Crippen LogP contribution in [0.2, 0.25) is 5.02 Å². The van der Waals surface area contributed by atoms with E-state index in [9.17, 15) is 14.3 Å². The van der Waals surface area contributed by atoms with E-state index < -0.39 is 11.8 Å². The second-order valence-electron chi connectivity index (χ2n) is 4.74. The number of carboxylic acid groups (broad SMARTS) is 1. The molecule has 0 fully saturated rings. The van der Waals surface area contributed by atoms with Crippen molar-refractivity contribution >= 4 is 33.5 Å². The summed E-state index contributed by atoms with van der Waals surface area (Å²) in [6, 6.07) is 12.7. The van der Waals surface area contributed by atoms with Crippen LogP contribution in [-0.2, 0) is 0 Å². The van der Waals surface area contributed by atoms with E-state index in [1.807, 2.05) is 0 Å². The molecule has 1 aromatic heterocycles. The molecule has 116 valence electrons. The number of aromatic carboxylic acids is 1. The number of hydrogen-bond acceptors (Lipinski definition) is 2. The first-order chi connectivity index (χ1) is 11.0. The Labute approximate surface area is 144 Å². The van der Waals surface area contributed by atoms with E-state index in [1.165, 1.54) is 16.8 Å². The standard InChI is InChI=1S/C16H9BrClFN2O2/c17-12-6-9(4-5-13(12)19)15-8-14(16(22)23)20-21(15)11-3-1-2-10(18)7-11/h1-8H,(H,22,23). The Kier molecular flexibility index (Phi) is 4.19. The van der Waals surface area contributed by atoms with Crippen molar-refractivity contribution in [2.75, 3.05) is 0 Å². The molecular formula is C16H9BrClFN2O2. The number of halogens is 3. The molecule has 0 aliphatic heterocycles. The Hall–Kier alpha value is -2.18. The van der Waals surface area contributed by atoms with Crippen LogP contribution < -0.4 is 0 Å². The highest BCUT2D eigenvalue weighted by Gasteiger charge is 2.17. The lowest BCUT2D eigenvalue weighted by atomic mass is 10.1. The first-order valence-corrected chi connectivity index (χ1v) is 7.67. The molecule has 0 saturated carbocycles. The van der Waals surface area contributed by atoms with Gasteiger partial charge in [-0.3, -0.25) is 0 Å². The van der Waals surface area contributed by atoms with E-state index in [2.05, 4.69) is 21.0 Å². The number of hydrogen-bond donors (Lipinski definition) is 1. The zero-order valence-corrected chi connectivity index (χ0v) is 13.8. The third kappa shape index (κ3) is 3.13. The van der Waals surface area contributed by atoms with Crippen LogP contribution in [0.4, 0.5) is 4.39 Å². The van der Waals surface area contributed by atoms with E-state index in [0.717, 1.165) is 0 Å². The van der Waals surface area contributed by atoms with Gasteiger partial charge >= 0.3 is 5.97 Å². The van der Waals surface area contributed by atoms with Crippen molar-refractivity contribution in [2.24, 2.45) is 0 Å². The molecule has 0 saturated heterocycles. The van der Waals surface area contributed by atoms with Crippen molar-refractivity contribution in [3.8, 4) is 16.9 Å². The van der Waals surface area contributed by atoms with E-state index in [4.69, 9.17) is 11.6 Å². The predicted octanol–water partition coefficient (Wildman–Crippen LogP) is 4.79. The summed E-state index contributed by atoms with van der Waals surface area (Å²) in [5, 5.41) is 13.8. The fourth-order valence-electron chi connectivity index (χ4n) is 2.15. The average molecular weight is 396 g/mol. The Bertz CT molecular complexity index is 911. The number of carboxylic acids is 1. The maximum atomic E-state index is 13.4. The minimum absolute atomic E-state index is 0.111. The Morgan fingerprint density at radius 3 is 2.65 bits per heavy atom. The van der Waals surface area contributed by atoms with Crippen LogP contribution in [0, 0.1) is 5.82 Å². The minimum atomic E-state index is -1.15. The largest absolute Gasteiger partial charge is 0.476 e. The SMILES string of the molecule is O=C(O)c1cc(-c2ccc(F)c(Br)c2)n(-c2cccc(Cl)c2)n1. The van der Waals surface area contributed by atoms with E-state index >= 15 is 0 Å². The second kappa shape index (κ2) is 6.14. The molecule has 4 nitrogen and oxygen atoms in total. The number of rotatable bonds is 3. The van der Waals surface area contributed by atoms with Gasteiger partial charge in [0.1, 0.15) is 5.82 Å². The molecule has 1 heterocycles. The molecule has 0 aliphatic carbocycles. The monoisotopic (exact) mass is 394 g/mol. The summed E-state index contributed by atoms with van der Waals surface area (Å²) in [5.74, 6) is -1.55. The van der Waals surface area contributed by atoms with Gasteiger partial charge in [0.2, 0.25) is 0 Å². The summed E-state index contributed by atoms with van der Waals surface area (Å²) < 4.78 is 15.2. The number of benzene rings is 2. The molecule has 1 N–H and O–H groups in total. The van der Waals surface area contributed by atoms with Crippen molar-refractivity contribution in [2.45, 2.75) is 0 Å². The molecule has 2 aromatic carbocycles. The van der Waals surface area contributed by atoms with Gasteiger partial charge in [0, 0.05) is 10.6 Å². The lowest BCUT2D eigenvalue weighted by molar-refractivity contribution is 0.0690. The van der Waals surface area contributed by atoms with Crippen LogP contribution in [0.3, 0.4) is 0 Å². The highest BCUT2D eigenvalue weighted by molar-refractivity contribution is 9.10. The molecule has 0 amide bonds. The highest BCUT2D eigenvalue weighted by Crippen LogP contribution is 2.28. The zero-order chi connectivity index (χ0) is 16.6. The fraction of sp³-hybridized carbons (Fsp3) is 0. The van der Waals surface area contributed by atoms with Crippen LogP contribution in [0.1, 0.15) is 10.5 Å². The average Bonchev–Trinajstić information content (AvgIpc) is 2.95. The number of aromatic nitrogens is 2. The molecule has 0 radical (unpaired) electrons.